The first-order valence-corrected chi connectivity index (χ1v) is 6.63. The van der Waals surface area contributed by atoms with Crippen LogP contribution in [0.3, 0.4) is 0 Å². The highest BCUT2D eigenvalue weighted by Gasteiger charge is 2.29. The van der Waals surface area contributed by atoms with E-state index in [0.29, 0.717) is 5.92 Å². The Morgan fingerprint density at radius 3 is 2.56 bits per heavy atom. The van der Waals surface area contributed by atoms with Crippen molar-refractivity contribution in [2.24, 2.45) is 17.6 Å². The zero-order valence-corrected chi connectivity index (χ0v) is 11.5. The molecule has 0 bridgehead atoms. The largest absolute Gasteiger partial charge is 0.497 e. The molecule has 1 aromatic carbocycles. The third-order valence-electron chi connectivity index (χ3n) is 4.04. The number of nitrogens with two attached hydrogens (primary N) is 1. The minimum Gasteiger partial charge on any atom is -0.497 e. The highest BCUT2D eigenvalue weighted by atomic mass is 16.5. The molecule has 1 aliphatic rings. The Hall–Kier alpha value is -1.22. The van der Waals surface area contributed by atoms with E-state index in [1.165, 1.54) is 19.3 Å². The second kappa shape index (κ2) is 5.61. The van der Waals surface area contributed by atoms with Gasteiger partial charge in [0, 0.05) is 11.6 Å². The third kappa shape index (κ3) is 2.61. The highest BCUT2D eigenvalue weighted by Crippen LogP contribution is 2.40. The maximum absolute atomic E-state index is 6.43. The van der Waals surface area contributed by atoms with Crippen molar-refractivity contribution in [1.82, 2.24) is 0 Å². The number of rotatable bonds is 4. The summed E-state index contributed by atoms with van der Waals surface area (Å²) in [5, 5.41) is 0. The van der Waals surface area contributed by atoms with Gasteiger partial charge in [-0.3, -0.25) is 0 Å². The SMILES string of the molecule is COc1ccc(OC)c(C(N)C2CCC(C)C2)c1. The molecule has 0 aliphatic heterocycles. The van der Waals surface area contributed by atoms with Gasteiger partial charge in [0.1, 0.15) is 11.5 Å². The van der Waals surface area contributed by atoms with E-state index < -0.39 is 0 Å². The fourth-order valence-electron chi connectivity index (χ4n) is 2.93. The van der Waals surface area contributed by atoms with Crippen molar-refractivity contribution < 1.29 is 9.47 Å². The van der Waals surface area contributed by atoms with Crippen LogP contribution in [-0.2, 0) is 0 Å². The molecule has 18 heavy (non-hydrogen) atoms. The lowest BCUT2D eigenvalue weighted by Crippen LogP contribution is -2.20. The topological polar surface area (TPSA) is 44.5 Å². The third-order valence-corrected chi connectivity index (χ3v) is 4.04. The summed E-state index contributed by atoms with van der Waals surface area (Å²) >= 11 is 0. The van der Waals surface area contributed by atoms with E-state index in [1.54, 1.807) is 14.2 Å². The van der Waals surface area contributed by atoms with Crippen LogP contribution in [0.25, 0.3) is 0 Å². The van der Waals surface area contributed by atoms with Crippen LogP contribution >= 0.6 is 0 Å². The molecule has 0 aromatic heterocycles. The summed E-state index contributed by atoms with van der Waals surface area (Å²) in [5.74, 6) is 3.05. The Labute approximate surface area is 109 Å². The normalized spacial score (nSPS) is 24.9. The second-order valence-corrected chi connectivity index (χ2v) is 5.31. The number of methoxy groups -OCH3 is 2. The summed E-state index contributed by atoms with van der Waals surface area (Å²) < 4.78 is 10.7. The summed E-state index contributed by atoms with van der Waals surface area (Å²) in [6.07, 6.45) is 3.70. The fourth-order valence-corrected chi connectivity index (χ4v) is 2.93. The summed E-state index contributed by atoms with van der Waals surface area (Å²) in [6.45, 7) is 2.30. The van der Waals surface area contributed by atoms with Gasteiger partial charge < -0.3 is 15.2 Å². The molecule has 1 fully saturated rings. The van der Waals surface area contributed by atoms with Crippen molar-refractivity contribution in [1.29, 1.82) is 0 Å². The van der Waals surface area contributed by atoms with Gasteiger partial charge in [0.2, 0.25) is 0 Å². The molecule has 3 atom stereocenters. The summed E-state index contributed by atoms with van der Waals surface area (Å²) in [5.41, 5.74) is 7.49. The Balaban J connectivity index is 2.24. The zero-order valence-electron chi connectivity index (χ0n) is 11.5. The first-order valence-electron chi connectivity index (χ1n) is 6.63. The number of ether oxygens (including phenoxy) is 2. The molecule has 0 spiro atoms. The molecule has 1 aliphatic carbocycles. The van der Waals surface area contributed by atoms with Gasteiger partial charge in [0.25, 0.3) is 0 Å². The van der Waals surface area contributed by atoms with E-state index in [2.05, 4.69) is 6.92 Å². The first-order chi connectivity index (χ1) is 8.65. The van der Waals surface area contributed by atoms with Crippen LogP contribution in [0.4, 0.5) is 0 Å². The fraction of sp³-hybridized carbons (Fsp3) is 0.600. The van der Waals surface area contributed by atoms with E-state index in [9.17, 15) is 0 Å². The molecule has 0 amide bonds. The lowest BCUT2D eigenvalue weighted by atomic mass is 9.91. The Morgan fingerprint density at radius 2 is 2.00 bits per heavy atom. The molecule has 1 saturated carbocycles. The smallest absolute Gasteiger partial charge is 0.123 e. The lowest BCUT2D eigenvalue weighted by Gasteiger charge is -2.22. The van der Waals surface area contributed by atoms with Crippen LogP contribution in [0.5, 0.6) is 11.5 Å². The number of hydrogen-bond donors (Lipinski definition) is 1. The van der Waals surface area contributed by atoms with Gasteiger partial charge in [-0.05, 0) is 42.9 Å². The summed E-state index contributed by atoms with van der Waals surface area (Å²) in [7, 11) is 3.37. The Kier molecular flexibility index (Phi) is 4.12. The summed E-state index contributed by atoms with van der Waals surface area (Å²) in [6, 6.07) is 5.89. The van der Waals surface area contributed by atoms with E-state index in [-0.39, 0.29) is 6.04 Å². The van der Waals surface area contributed by atoms with E-state index in [4.69, 9.17) is 15.2 Å². The van der Waals surface area contributed by atoms with Crippen LogP contribution in [0, 0.1) is 11.8 Å². The predicted molar refractivity (Wildman–Crippen MR) is 73.0 cm³/mol. The van der Waals surface area contributed by atoms with Gasteiger partial charge in [-0.1, -0.05) is 13.3 Å². The molecular weight excluding hydrogens is 226 g/mol. The average Bonchev–Trinajstić information content (AvgIpc) is 2.83. The molecule has 0 radical (unpaired) electrons. The molecule has 3 heteroatoms. The minimum absolute atomic E-state index is 0.0417. The van der Waals surface area contributed by atoms with Crippen LogP contribution in [-0.4, -0.2) is 14.2 Å². The van der Waals surface area contributed by atoms with Gasteiger partial charge in [-0.15, -0.1) is 0 Å². The van der Waals surface area contributed by atoms with Crippen molar-refractivity contribution in [3.05, 3.63) is 23.8 Å². The number of hydrogen-bond acceptors (Lipinski definition) is 3. The standard InChI is InChI=1S/C15H23NO2/c1-10-4-5-11(8-10)15(16)13-9-12(17-2)6-7-14(13)18-3/h6-7,9-11,15H,4-5,8,16H2,1-3H3. The van der Waals surface area contributed by atoms with Crippen molar-refractivity contribution in [2.75, 3.05) is 14.2 Å². The first kappa shape index (κ1) is 13.2. The van der Waals surface area contributed by atoms with Gasteiger partial charge in [-0.2, -0.15) is 0 Å². The van der Waals surface area contributed by atoms with Gasteiger partial charge in [-0.25, -0.2) is 0 Å². The van der Waals surface area contributed by atoms with Gasteiger partial charge in [0.15, 0.2) is 0 Å². The van der Waals surface area contributed by atoms with Crippen molar-refractivity contribution >= 4 is 0 Å². The molecule has 2 rings (SSSR count). The van der Waals surface area contributed by atoms with Crippen molar-refractivity contribution in [2.45, 2.75) is 32.2 Å². The van der Waals surface area contributed by atoms with Crippen LogP contribution in [0.1, 0.15) is 37.8 Å². The highest BCUT2D eigenvalue weighted by molar-refractivity contribution is 5.42. The number of benzene rings is 1. The quantitative estimate of drug-likeness (QED) is 0.891. The maximum Gasteiger partial charge on any atom is 0.123 e. The minimum atomic E-state index is 0.0417. The van der Waals surface area contributed by atoms with E-state index in [1.807, 2.05) is 18.2 Å². The molecule has 2 N–H and O–H groups in total. The zero-order chi connectivity index (χ0) is 13.1. The van der Waals surface area contributed by atoms with Crippen LogP contribution < -0.4 is 15.2 Å². The summed E-state index contributed by atoms with van der Waals surface area (Å²) in [4.78, 5) is 0. The molecule has 100 valence electrons. The second-order valence-electron chi connectivity index (χ2n) is 5.31. The maximum atomic E-state index is 6.43. The van der Waals surface area contributed by atoms with Gasteiger partial charge >= 0.3 is 0 Å². The Bertz CT molecular complexity index is 405. The van der Waals surface area contributed by atoms with E-state index >= 15 is 0 Å². The molecular formula is C15H23NO2. The molecule has 1 aromatic rings. The van der Waals surface area contributed by atoms with Crippen LogP contribution in [0.2, 0.25) is 0 Å². The average molecular weight is 249 g/mol. The molecule has 3 nitrogen and oxygen atoms in total. The molecule has 0 saturated heterocycles. The van der Waals surface area contributed by atoms with E-state index in [0.717, 1.165) is 23.0 Å². The monoisotopic (exact) mass is 249 g/mol. The predicted octanol–water partition coefficient (Wildman–Crippen LogP) is 3.14. The molecule has 3 unspecified atom stereocenters. The van der Waals surface area contributed by atoms with Crippen LogP contribution in [0.15, 0.2) is 18.2 Å². The van der Waals surface area contributed by atoms with Gasteiger partial charge in [0.05, 0.1) is 14.2 Å². The van der Waals surface area contributed by atoms with Crippen molar-refractivity contribution in [3.8, 4) is 11.5 Å². The lowest BCUT2D eigenvalue weighted by molar-refractivity contribution is 0.374. The van der Waals surface area contributed by atoms with Crippen molar-refractivity contribution in [3.63, 3.8) is 0 Å². The Morgan fingerprint density at radius 1 is 1.22 bits per heavy atom. The molecule has 0 heterocycles.